The van der Waals surface area contributed by atoms with Crippen LogP contribution in [0, 0.1) is 5.82 Å². The third-order valence-electron chi connectivity index (χ3n) is 4.07. The summed E-state index contributed by atoms with van der Waals surface area (Å²) in [4.78, 5) is 4.07. The van der Waals surface area contributed by atoms with Crippen LogP contribution in [0.3, 0.4) is 0 Å². The summed E-state index contributed by atoms with van der Waals surface area (Å²) >= 11 is 6.42. The van der Waals surface area contributed by atoms with Crippen LogP contribution in [0.2, 0.25) is 5.02 Å². The van der Waals surface area contributed by atoms with Gasteiger partial charge in [0.1, 0.15) is 25.5 Å². The van der Waals surface area contributed by atoms with Crippen LogP contribution < -0.4 is 14.8 Å². The first-order valence-corrected chi connectivity index (χ1v) is 8.97. The van der Waals surface area contributed by atoms with Gasteiger partial charge in [-0.25, -0.2) is 4.39 Å². The minimum Gasteiger partial charge on any atom is -0.493 e. The molecule has 0 aliphatic heterocycles. The van der Waals surface area contributed by atoms with Gasteiger partial charge in [-0.2, -0.15) is 0 Å². The van der Waals surface area contributed by atoms with Crippen LogP contribution in [0.4, 0.5) is 4.39 Å². The van der Waals surface area contributed by atoms with Crippen molar-refractivity contribution in [3.05, 3.63) is 88.5 Å². The molecular formula is C21H21ClFN2O2+. The van der Waals surface area contributed by atoms with Crippen molar-refractivity contribution in [2.75, 3.05) is 7.11 Å². The lowest BCUT2D eigenvalue weighted by Gasteiger charge is -2.14. The van der Waals surface area contributed by atoms with Crippen LogP contribution in [-0.2, 0) is 19.7 Å². The predicted octanol–water partition coefficient (Wildman–Crippen LogP) is 3.73. The molecule has 0 aliphatic carbocycles. The Labute approximate surface area is 162 Å². The van der Waals surface area contributed by atoms with Crippen LogP contribution in [0.5, 0.6) is 11.5 Å². The number of ether oxygens (including phenoxy) is 2. The summed E-state index contributed by atoms with van der Waals surface area (Å²) in [6.45, 7) is 1.83. The maximum absolute atomic E-state index is 13.0. The van der Waals surface area contributed by atoms with Crippen molar-refractivity contribution in [3.8, 4) is 11.5 Å². The van der Waals surface area contributed by atoms with E-state index in [0.717, 1.165) is 29.8 Å². The molecule has 0 amide bonds. The minimum atomic E-state index is -0.225. The molecule has 0 fully saturated rings. The second kappa shape index (κ2) is 9.35. The van der Waals surface area contributed by atoms with E-state index in [1.165, 1.54) is 12.1 Å². The molecule has 0 saturated carbocycles. The summed E-state index contributed by atoms with van der Waals surface area (Å²) in [5.41, 5.74) is 3.03. The summed E-state index contributed by atoms with van der Waals surface area (Å²) in [5, 5.41) is 2.62. The number of hydrogen-bond acceptors (Lipinski definition) is 3. The van der Waals surface area contributed by atoms with Crippen molar-refractivity contribution < 1.29 is 19.2 Å². The van der Waals surface area contributed by atoms with E-state index in [0.29, 0.717) is 23.1 Å². The highest BCUT2D eigenvalue weighted by Crippen LogP contribution is 2.36. The summed E-state index contributed by atoms with van der Waals surface area (Å²) in [7, 11) is 1.59. The third-order valence-corrected chi connectivity index (χ3v) is 4.35. The van der Waals surface area contributed by atoms with Crippen molar-refractivity contribution in [1.82, 2.24) is 4.98 Å². The van der Waals surface area contributed by atoms with Crippen molar-refractivity contribution >= 4 is 11.6 Å². The molecule has 6 heteroatoms. The molecule has 0 saturated heterocycles. The highest BCUT2D eigenvalue weighted by Gasteiger charge is 2.13. The van der Waals surface area contributed by atoms with Crippen LogP contribution in [-0.4, -0.2) is 12.1 Å². The Bertz CT molecular complexity index is 873. The number of nitrogens with two attached hydrogens (primary N) is 1. The Balaban J connectivity index is 1.63. The molecule has 1 heterocycles. The molecule has 0 atom stereocenters. The van der Waals surface area contributed by atoms with Gasteiger partial charge >= 0.3 is 0 Å². The molecule has 3 aromatic rings. The van der Waals surface area contributed by atoms with Gasteiger partial charge < -0.3 is 14.8 Å². The molecule has 0 unspecified atom stereocenters. The molecule has 4 nitrogen and oxygen atoms in total. The zero-order chi connectivity index (χ0) is 19.1. The molecule has 2 aromatic carbocycles. The molecular weight excluding hydrogens is 367 g/mol. The van der Waals surface area contributed by atoms with Crippen molar-refractivity contribution in [3.63, 3.8) is 0 Å². The highest BCUT2D eigenvalue weighted by atomic mass is 35.5. The van der Waals surface area contributed by atoms with Crippen molar-refractivity contribution in [2.24, 2.45) is 0 Å². The van der Waals surface area contributed by atoms with Gasteiger partial charge in [-0.3, -0.25) is 4.98 Å². The van der Waals surface area contributed by atoms with Gasteiger partial charge in [0, 0.05) is 29.1 Å². The molecule has 0 radical (unpaired) electrons. The molecule has 27 heavy (non-hydrogen) atoms. The number of pyridine rings is 1. The SMILES string of the molecule is COc1cc(C[NH2+]Cc2ccc(F)cc2)cc(Cl)c1OCc1cccnc1. The molecule has 0 spiro atoms. The molecule has 2 N–H and O–H groups in total. The highest BCUT2D eigenvalue weighted by molar-refractivity contribution is 6.32. The summed E-state index contributed by atoms with van der Waals surface area (Å²) < 4.78 is 24.3. The number of quaternary nitrogens is 1. The van der Waals surface area contributed by atoms with Crippen molar-refractivity contribution in [1.29, 1.82) is 0 Å². The van der Waals surface area contributed by atoms with E-state index >= 15 is 0 Å². The Hall–Kier alpha value is -2.63. The Morgan fingerprint density at radius 3 is 2.52 bits per heavy atom. The van der Waals surface area contributed by atoms with E-state index < -0.39 is 0 Å². The van der Waals surface area contributed by atoms with Crippen LogP contribution in [0.15, 0.2) is 60.9 Å². The van der Waals surface area contributed by atoms with E-state index in [-0.39, 0.29) is 5.82 Å². The number of halogens is 2. The Kier molecular flexibility index (Phi) is 6.63. The predicted molar refractivity (Wildman–Crippen MR) is 102 cm³/mol. The smallest absolute Gasteiger partial charge is 0.180 e. The van der Waals surface area contributed by atoms with Gasteiger partial charge in [0.15, 0.2) is 11.5 Å². The molecule has 0 aliphatic rings. The first-order valence-electron chi connectivity index (χ1n) is 8.60. The topological polar surface area (TPSA) is 48.0 Å². The lowest BCUT2D eigenvalue weighted by Crippen LogP contribution is -2.80. The van der Waals surface area contributed by atoms with E-state index in [1.54, 1.807) is 31.6 Å². The van der Waals surface area contributed by atoms with Gasteiger partial charge in [0.25, 0.3) is 0 Å². The third kappa shape index (κ3) is 5.42. The number of rotatable bonds is 8. The van der Waals surface area contributed by atoms with E-state index in [2.05, 4.69) is 10.3 Å². The number of methoxy groups -OCH3 is 1. The largest absolute Gasteiger partial charge is 0.493 e. The number of nitrogens with zero attached hydrogens (tertiary/aromatic N) is 1. The van der Waals surface area contributed by atoms with Crippen LogP contribution >= 0.6 is 11.6 Å². The zero-order valence-corrected chi connectivity index (χ0v) is 15.7. The van der Waals surface area contributed by atoms with Crippen LogP contribution in [0.25, 0.3) is 0 Å². The molecule has 3 rings (SSSR count). The number of benzene rings is 2. The average Bonchev–Trinajstić information content (AvgIpc) is 2.69. The van der Waals surface area contributed by atoms with Gasteiger partial charge in [-0.1, -0.05) is 29.8 Å². The first-order chi connectivity index (χ1) is 13.2. The number of hydrogen-bond donors (Lipinski definition) is 1. The fourth-order valence-corrected chi connectivity index (χ4v) is 2.98. The van der Waals surface area contributed by atoms with Gasteiger partial charge in [-0.15, -0.1) is 0 Å². The van der Waals surface area contributed by atoms with Crippen LogP contribution in [0.1, 0.15) is 16.7 Å². The van der Waals surface area contributed by atoms with Gasteiger partial charge in [0.05, 0.1) is 12.1 Å². The fraction of sp³-hybridized carbons (Fsp3) is 0.190. The van der Waals surface area contributed by atoms with E-state index in [4.69, 9.17) is 21.1 Å². The van der Waals surface area contributed by atoms with E-state index in [1.807, 2.05) is 24.3 Å². The quantitative estimate of drug-likeness (QED) is 0.640. The zero-order valence-electron chi connectivity index (χ0n) is 15.0. The van der Waals surface area contributed by atoms with Gasteiger partial charge in [-0.05, 0) is 30.3 Å². The molecule has 140 valence electrons. The Morgan fingerprint density at radius 1 is 1.04 bits per heavy atom. The lowest BCUT2D eigenvalue weighted by molar-refractivity contribution is -0.686. The second-order valence-electron chi connectivity index (χ2n) is 6.08. The first kappa shape index (κ1) is 19.1. The fourth-order valence-electron chi connectivity index (χ4n) is 2.70. The monoisotopic (exact) mass is 387 g/mol. The Morgan fingerprint density at radius 2 is 1.81 bits per heavy atom. The molecule has 1 aromatic heterocycles. The van der Waals surface area contributed by atoms with Gasteiger partial charge in [0.2, 0.25) is 0 Å². The lowest BCUT2D eigenvalue weighted by atomic mass is 10.1. The second-order valence-corrected chi connectivity index (χ2v) is 6.49. The van der Waals surface area contributed by atoms with Crippen molar-refractivity contribution in [2.45, 2.75) is 19.7 Å². The average molecular weight is 388 g/mol. The van der Waals surface area contributed by atoms with E-state index in [9.17, 15) is 4.39 Å². The summed E-state index contributed by atoms with van der Waals surface area (Å²) in [5.74, 6) is 0.888. The molecule has 0 bridgehead atoms. The standard InChI is InChI=1S/C21H20ClFN2O2/c1-26-20-10-17(13-25-11-15-4-6-18(23)7-5-15)9-19(22)21(20)27-14-16-3-2-8-24-12-16/h2-10,12,25H,11,13-14H2,1H3/p+1. The maximum atomic E-state index is 13.0. The summed E-state index contributed by atoms with van der Waals surface area (Å²) in [6, 6.07) is 14.1. The number of aromatic nitrogens is 1. The summed E-state index contributed by atoms with van der Waals surface area (Å²) in [6.07, 6.45) is 3.47. The normalized spacial score (nSPS) is 10.6. The minimum absolute atomic E-state index is 0.225. The maximum Gasteiger partial charge on any atom is 0.180 e.